The van der Waals surface area contributed by atoms with Crippen molar-refractivity contribution in [3.63, 3.8) is 0 Å². The van der Waals surface area contributed by atoms with Crippen molar-refractivity contribution in [1.82, 2.24) is 4.98 Å². The summed E-state index contributed by atoms with van der Waals surface area (Å²) in [5, 5.41) is 1.34. The molecule has 0 atom stereocenters. The molecule has 3 N–H and O–H groups in total. The summed E-state index contributed by atoms with van der Waals surface area (Å²) in [7, 11) is 0. The number of H-pyrrole nitrogens is 1. The Kier molecular flexibility index (Phi) is 6.00. The van der Waals surface area contributed by atoms with Gasteiger partial charge in [0.1, 0.15) is 5.75 Å². The van der Waals surface area contributed by atoms with Gasteiger partial charge in [-0.15, -0.1) is 0 Å². The number of ether oxygens (including phenoxy) is 1. The number of para-hydroxylation sites is 1. The molecule has 1 aromatic heterocycles. The molecular formula is C23H30N2O. The Labute approximate surface area is 156 Å². The summed E-state index contributed by atoms with van der Waals surface area (Å²) in [6.07, 6.45) is 3.21. The second kappa shape index (κ2) is 8.41. The van der Waals surface area contributed by atoms with Crippen molar-refractivity contribution in [1.29, 1.82) is 0 Å². The van der Waals surface area contributed by atoms with Crippen molar-refractivity contribution >= 4 is 10.9 Å². The van der Waals surface area contributed by atoms with Crippen LogP contribution in [-0.4, -0.2) is 18.1 Å². The number of rotatable bonds is 8. The Morgan fingerprint density at radius 1 is 1.04 bits per heavy atom. The molecule has 3 aromatic rings. The van der Waals surface area contributed by atoms with Crippen LogP contribution in [0.5, 0.6) is 5.75 Å². The van der Waals surface area contributed by atoms with E-state index >= 15 is 0 Å². The largest absolute Gasteiger partial charge is 0.494 e. The molecule has 3 rings (SSSR count). The molecule has 0 fully saturated rings. The highest BCUT2D eigenvalue weighted by molar-refractivity contribution is 5.93. The lowest BCUT2D eigenvalue weighted by Gasteiger charge is -2.07. The zero-order chi connectivity index (χ0) is 18.5. The van der Waals surface area contributed by atoms with Gasteiger partial charge in [-0.2, -0.15) is 0 Å². The van der Waals surface area contributed by atoms with Crippen LogP contribution in [0.15, 0.2) is 42.5 Å². The van der Waals surface area contributed by atoms with Crippen molar-refractivity contribution in [2.75, 3.05) is 13.2 Å². The van der Waals surface area contributed by atoms with Crippen LogP contribution in [0.25, 0.3) is 22.2 Å². The lowest BCUT2D eigenvalue weighted by atomic mass is 9.96. The smallest absolute Gasteiger partial charge is 0.119 e. The molecule has 0 radical (unpaired) electrons. The topological polar surface area (TPSA) is 51.0 Å². The van der Waals surface area contributed by atoms with Crippen LogP contribution in [0, 0.1) is 0 Å². The predicted octanol–water partition coefficient (Wildman–Crippen LogP) is 5.64. The van der Waals surface area contributed by atoms with E-state index in [0.29, 0.717) is 12.5 Å². The minimum atomic E-state index is 0.488. The number of benzene rings is 2. The predicted molar refractivity (Wildman–Crippen MR) is 111 cm³/mol. The monoisotopic (exact) mass is 350 g/mol. The van der Waals surface area contributed by atoms with Gasteiger partial charge < -0.3 is 15.5 Å². The Balaban J connectivity index is 2.09. The fourth-order valence-electron chi connectivity index (χ4n) is 3.61. The zero-order valence-corrected chi connectivity index (χ0v) is 16.1. The van der Waals surface area contributed by atoms with Crippen LogP contribution in [0.3, 0.4) is 0 Å². The quantitative estimate of drug-likeness (QED) is 0.517. The number of nitrogens with one attached hydrogen (secondary N) is 1. The Hall–Kier alpha value is -2.26. The van der Waals surface area contributed by atoms with E-state index in [1.807, 2.05) is 6.92 Å². The molecule has 0 bridgehead atoms. The highest BCUT2D eigenvalue weighted by Gasteiger charge is 2.16. The summed E-state index contributed by atoms with van der Waals surface area (Å²) < 4.78 is 5.59. The number of hydrogen-bond donors (Lipinski definition) is 2. The second-order valence-corrected chi connectivity index (χ2v) is 7.11. The first-order valence-electron chi connectivity index (χ1n) is 9.72. The average Bonchev–Trinajstić information content (AvgIpc) is 3.01. The van der Waals surface area contributed by atoms with E-state index < -0.39 is 0 Å². The Morgan fingerprint density at radius 3 is 2.46 bits per heavy atom. The van der Waals surface area contributed by atoms with Gasteiger partial charge in [-0.25, -0.2) is 0 Å². The van der Waals surface area contributed by atoms with Crippen LogP contribution in [-0.2, 0) is 6.42 Å². The molecular weight excluding hydrogens is 320 g/mol. The lowest BCUT2D eigenvalue weighted by Crippen LogP contribution is -1.99. The number of aromatic nitrogens is 1. The summed E-state index contributed by atoms with van der Waals surface area (Å²) in [4.78, 5) is 3.74. The number of fused-ring (bicyclic) bond motifs is 1. The van der Waals surface area contributed by atoms with E-state index in [4.69, 9.17) is 10.5 Å². The van der Waals surface area contributed by atoms with E-state index in [1.54, 1.807) is 0 Å². The van der Waals surface area contributed by atoms with Crippen LogP contribution < -0.4 is 10.5 Å². The molecule has 0 aliphatic rings. The van der Waals surface area contributed by atoms with Gasteiger partial charge >= 0.3 is 0 Å². The average molecular weight is 351 g/mol. The van der Waals surface area contributed by atoms with Gasteiger partial charge in [-0.3, -0.25) is 0 Å². The van der Waals surface area contributed by atoms with Crippen LogP contribution >= 0.6 is 0 Å². The standard InChI is InChI=1S/C23H30N2O/c1-4-26-18-13-11-17(12-14-18)22-20(8-5-6-15-24)21-10-7-9-19(16(2)3)23(21)25-22/h7,9-14,16,25H,4-6,8,15,24H2,1-3H3. The molecule has 0 spiro atoms. The summed E-state index contributed by atoms with van der Waals surface area (Å²) in [5.41, 5.74) is 12.2. The van der Waals surface area contributed by atoms with Crippen molar-refractivity contribution < 1.29 is 4.74 Å². The number of aryl methyl sites for hydroxylation is 1. The highest BCUT2D eigenvalue weighted by atomic mass is 16.5. The first-order chi connectivity index (χ1) is 12.7. The molecule has 0 saturated heterocycles. The Morgan fingerprint density at radius 2 is 1.81 bits per heavy atom. The van der Waals surface area contributed by atoms with Crippen molar-refractivity contribution in [3.05, 3.63) is 53.6 Å². The highest BCUT2D eigenvalue weighted by Crippen LogP contribution is 2.35. The maximum atomic E-state index is 5.72. The zero-order valence-electron chi connectivity index (χ0n) is 16.1. The minimum absolute atomic E-state index is 0.488. The first-order valence-corrected chi connectivity index (χ1v) is 9.72. The normalized spacial score (nSPS) is 11.4. The molecule has 1 heterocycles. The molecule has 0 aliphatic heterocycles. The third kappa shape index (κ3) is 3.78. The molecule has 26 heavy (non-hydrogen) atoms. The van der Waals surface area contributed by atoms with E-state index in [2.05, 4.69) is 61.3 Å². The molecule has 0 saturated carbocycles. The van der Waals surface area contributed by atoms with Crippen LogP contribution in [0.2, 0.25) is 0 Å². The minimum Gasteiger partial charge on any atom is -0.494 e. The third-order valence-electron chi connectivity index (χ3n) is 4.93. The van der Waals surface area contributed by atoms with E-state index in [9.17, 15) is 0 Å². The van der Waals surface area contributed by atoms with Gasteiger partial charge in [0.2, 0.25) is 0 Å². The number of unbranched alkanes of at least 4 members (excludes halogenated alkanes) is 1. The lowest BCUT2D eigenvalue weighted by molar-refractivity contribution is 0.340. The number of hydrogen-bond acceptors (Lipinski definition) is 2. The number of aromatic amines is 1. The summed E-state index contributed by atoms with van der Waals surface area (Å²) in [6, 6.07) is 15.1. The van der Waals surface area contributed by atoms with E-state index in [-0.39, 0.29) is 0 Å². The second-order valence-electron chi connectivity index (χ2n) is 7.11. The summed E-state index contributed by atoms with van der Waals surface area (Å²) >= 11 is 0. The molecule has 3 nitrogen and oxygen atoms in total. The van der Waals surface area contributed by atoms with Crippen molar-refractivity contribution in [2.45, 2.75) is 46.0 Å². The van der Waals surface area contributed by atoms with Gasteiger partial charge in [0.15, 0.2) is 0 Å². The van der Waals surface area contributed by atoms with E-state index in [1.165, 1.54) is 33.3 Å². The molecule has 2 aromatic carbocycles. The maximum Gasteiger partial charge on any atom is 0.119 e. The van der Waals surface area contributed by atoms with Crippen molar-refractivity contribution in [2.24, 2.45) is 5.73 Å². The Bertz CT molecular complexity index is 847. The van der Waals surface area contributed by atoms with Crippen LogP contribution in [0.4, 0.5) is 0 Å². The molecule has 0 amide bonds. The van der Waals surface area contributed by atoms with Crippen molar-refractivity contribution in [3.8, 4) is 17.0 Å². The summed E-state index contributed by atoms with van der Waals surface area (Å²) in [5.74, 6) is 1.40. The van der Waals surface area contributed by atoms with Gasteiger partial charge in [0.05, 0.1) is 6.61 Å². The fourth-order valence-corrected chi connectivity index (χ4v) is 3.61. The van der Waals surface area contributed by atoms with E-state index in [0.717, 1.165) is 31.6 Å². The maximum absolute atomic E-state index is 5.72. The number of nitrogens with two attached hydrogens (primary N) is 1. The summed E-state index contributed by atoms with van der Waals surface area (Å²) in [6.45, 7) is 7.95. The third-order valence-corrected chi connectivity index (χ3v) is 4.93. The van der Waals surface area contributed by atoms with Gasteiger partial charge in [0.25, 0.3) is 0 Å². The molecule has 0 unspecified atom stereocenters. The molecule has 138 valence electrons. The first kappa shape index (κ1) is 18.5. The molecule has 3 heteroatoms. The van der Waals surface area contributed by atoms with Gasteiger partial charge in [0, 0.05) is 16.6 Å². The van der Waals surface area contributed by atoms with Crippen LogP contribution in [0.1, 0.15) is 50.7 Å². The SMILES string of the molecule is CCOc1ccc(-c2[nH]c3c(C(C)C)cccc3c2CCCCN)cc1. The fraction of sp³-hybridized carbons (Fsp3) is 0.391. The van der Waals surface area contributed by atoms with Gasteiger partial charge in [-0.05, 0) is 79.6 Å². The molecule has 0 aliphatic carbocycles. The van der Waals surface area contributed by atoms with Gasteiger partial charge in [-0.1, -0.05) is 32.0 Å².